The highest BCUT2D eigenvalue weighted by Crippen LogP contribution is 2.32. The van der Waals surface area contributed by atoms with Crippen LogP contribution in [0.15, 0.2) is 34.4 Å². The van der Waals surface area contributed by atoms with E-state index in [1.165, 1.54) is 109 Å². The van der Waals surface area contributed by atoms with Gasteiger partial charge in [0.15, 0.2) is 0 Å². The number of allylic oxidation sites excluding steroid dienone is 6. The van der Waals surface area contributed by atoms with Crippen molar-refractivity contribution >= 4 is 0 Å². The van der Waals surface area contributed by atoms with Crippen molar-refractivity contribution in [3.05, 3.63) is 34.4 Å². The fraction of sp³-hybridized carbons (Fsp3) is 0.806. The SMILES string of the molecule is CCCC(=CCCC(CC)=C1CCC1)CCCC(C)CCC=C(C)CCCC(C)CC. The molecule has 0 radical (unpaired) electrons. The zero-order valence-electron chi connectivity index (χ0n) is 22.3. The topological polar surface area (TPSA) is 0 Å². The van der Waals surface area contributed by atoms with Gasteiger partial charge in [-0.3, -0.25) is 0 Å². The van der Waals surface area contributed by atoms with Crippen LogP contribution in [0.5, 0.6) is 0 Å². The summed E-state index contributed by atoms with van der Waals surface area (Å²) in [6, 6.07) is 0. The minimum atomic E-state index is 0.863. The van der Waals surface area contributed by atoms with Gasteiger partial charge in [-0.15, -0.1) is 0 Å². The molecule has 0 heteroatoms. The van der Waals surface area contributed by atoms with Gasteiger partial charge in [0.1, 0.15) is 0 Å². The molecular weight excluding hydrogens is 372 g/mol. The van der Waals surface area contributed by atoms with Gasteiger partial charge in [0.25, 0.3) is 0 Å². The van der Waals surface area contributed by atoms with Crippen molar-refractivity contribution in [2.24, 2.45) is 11.8 Å². The molecule has 1 fully saturated rings. The molecule has 1 rings (SSSR count). The van der Waals surface area contributed by atoms with E-state index >= 15 is 0 Å². The van der Waals surface area contributed by atoms with E-state index < -0.39 is 0 Å². The maximum absolute atomic E-state index is 2.61. The maximum atomic E-state index is 2.61. The third kappa shape index (κ3) is 13.4. The fourth-order valence-electron chi connectivity index (χ4n) is 4.88. The molecule has 2 atom stereocenters. The molecule has 0 aliphatic heterocycles. The third-order valence-electron chi connectivity index (χ3n) is 7.65. The van der Waals surface area contributed by atoms with Crippen molar-refractivity contribution in [1.29, 1.82) is 0 Å². The minimum Gasteiger partial charge on any atom is -0.0856 e. The second-order valence-electron chi connectivity index (χ2n) is 10.6. The highest BCUT2D eigenvalue weighted by atomic mass is 14.2. The maximum Gasteiger partial charge on any atom is -0.0283 e. The molecule has 31 heavy (non-hydrogen) atoms. The van der Waals surface area contributed by atoms with Crippen LogP contribution >= 0.6 is 0 Å². The first-order valence-electron chi connectivity index (χ1n) is 14.0. The first-order chi connectivity index (χ1) is 15.0. The van der Waals surface area contributed by atoms with E-state index in [0.29, 0.717) is 0 Å². The van der Waals surface area contributed by atoms with Crippen LogP contribution in [0.1, 0.15) is 151 Å². The van der Waals surface area contributed by atoms with Crippen molar-refractivity contribution < 1.29 is 0 Å². The van der Waals surface area contributed by atoms with E-state index in [-0.39, 0.29) is 0 Å². The minimum absolute atomic E-state index is 0.863. The molecule has 0 aromatic rings. The predicted octanol–water partition coefficient (Wildman–Crippen LogP) is 11.1. The molecule has 0 aromatic carbocycles. The molecule has 0 nitrogen and oxygen atoms in total. The number of hydrogen-bond acceptors (Lipinski definition) is 0. The molecule has 0 saturated heterocycles. The van der Waals surface area contributed by atoms with Gasteiger partial charge in [-0.25, -0.2) is 0 Å². The zero-order valence-corrected chi connectivity index (χ0v) is 22.3. The highest BCUT2D eigenvalue weighted by Gasteiger charge is 2.12. The normalized spacial score (nSPS) is 16.9. The molecule has 2 unspecified atom stereocenters. The summed E-state index contributed by atoms with van der Waals surface area (Å²) in [5.41, 5.74) is 6.92. The number of rotatable bonds is 18. The van der Waals surface area contributed by atoms with Crippen molar-refractivity contribution in [1.82, 2.24) is 0 Å². The van der Waals surface area contributed by atoms with Gasteiger partial charge >= 0.3 is 0 Å². The predicted molar refractivity (Wildman–Crippen MR) is 143 cm³/mol. The molecule has 1 aliphatic carbocycles. The monoisotopic (exact) mass is 428 g/mol. The summed E-state index contributed by atoms with van der Waals surface area (Å²) in [6.07, 6.45) is 28.0. The summed E-state index contributed by atoms with van der Waals surface area (Å²) in [4.78, 5) is 0. The molecule has 0 aromatic heterocycles. The van der Waals surface area contributed by atoms with Crippen LogP contribution < -0.4 is 0 Å². The van der Waals surface area contributed by atoms with E-state index in [9.17, 15) is 0 Å². The van der Waals surface area contributed by atoms with Crippen LogP contribution in [-0.4, -0.2) is 0 Å². The fourth-order valence-corrected chi connectivity index (χ4v) is 4.88. The lowest BCUT2D eigenvalue weighted by molar-refractivity contribution is 0.474. The van der Waals surface area contributed by atoms with Crippen LogP contribution in [0.3, 0.4) is 0 Å². The van der Waals surface area contributed by atoms with Crippen LogP contribution in [0.2, 0.25) is 0 Å². The summed E-state index contributed by atoms with van der Waals surface area (Å²) in [7, 11) is 0. The molecule has 0 N–H and O–H groups in total. The lowest BCUT2D eigenvalue weighted by Crippen LogP contribution is -2.01. The molecular formula is C31H56. The van der Waals surface area contributed by atoms with Crippen molar-refractivity contribution in [3.8, 4) is 0 Å². The average Bonchev–Trinajstić information content (AvgIpc) is 2.71. The van der Waals surface area contributed by atoms with E-state index in [1.54, 1.807) is 22.3 Å². The van der Waals surface area contributed by atoms with Gasteiger partial charge in [-0.05, 0) is 102 Å². The van der Waals surface area contributed by atoms with Crippen LogP contribution in [0.25, 0.3) is 0 Å². The van der Waals surface area contributed by atoms with E-state index in [1.807, 2.05) is 0 Å². The largest absolute Gasteiger partial charge is 0.0856 e. The second-order valence-corrected chi connectivity index (χ2v) is 10.6. The van der Waals surface area contributed by atoms with Crippen molar-refractivity contribution in [3.63, 3.8) is 0 Å². The molecule has 0 bridgehead atoms. The van der Waals surface area contributed by atoms with Gasteiger partial charge in [-0.1, -0.05) is 94.7 Å². The Morgan fingerprint density at radius 1 is 0.806 bits per heavy atom. The van der Waals surface area contributed by atoms with Gasteiger partial charge in [0.2, 0.25) is 0 Å². The Bertz CT molecular complexity index is 538. The standard InChI is InChI=1S/C31H56/c1-7-15-29(22-13-23-30(9-3)31-24-14-25-31)21-12-20-28(6)19-11-18-27(5)17-10-16-26(4)8-2/h18,22,26,28H,7-17,19-21,23-25H2,1-6H3. The molecule has 0 amide bonds. The lowest BCUT2D eigenvalue weighted by Gasteiger charge is -2.21. The third-order valence-corrected chi connectivity index (χ3v) is 7.65. The quantitative estimate of drug-likeness (QED) is 0.190. The lowest BCUT2D eigenvalue weighted by atomic mass is 9.85. The summed E-state index contributed by atoms with van der Waals surface area (Å²) < 4.78 is 0. The van der Waals surface area contributed by atoms with Crippen molar-refractivity contribution in [2.45, 2.75) is 151 Å². The Morgan fingerprint density at radius 3 is 2.13 bits per heavy atom. The number of hydrogen-bond donors (Lipinski definition) is 0. The Morgan fingerprint density at radius 2 is 1.52 bits per heavy atom. The van der Waals surface area contributed by atoms with Crippen LogP contribution in [-0.2, 0) is 0 Å². The molecule has 180 valence electrons. The van der Waals surface area contributed by atoms with Crippen LogP contribution in [0, 0.1) is 11.8 Å². The van der Waals surface area contributed by atoms with Crippen molar-refractivity contribution in [2.75, 3.05) is 0 Å². The van der Waals surface area contributed by atoms with E-state index in [4.69, 9.17) is 0 Å². The summed E-state index contributed by atoms with van der Waals surface area (Å²) >= 11 is 0. The molecule has 1 aliphatic rings. The Labute approximate surface area is 197 Å². The summed E-state index contributed by atoms with van der Waals surface area (Å²) in [6.45, 7) is 14.2. The second kappa shape index (κ2) is 17.7. The highest BCUT2D eigenvalue weighted by molar-refractivity contribution is 5.20. The zero-order chi connectivity index (χ0) is 22.9. The van der Waals surface area contributed by atoms with E-state index in [0.717, 1.165) is 11.8 Å². The molecule has 0 spiro atoms. The van der Waals surface area contributed by atoms with Gasteiger partial charge in [0, 0.05) is 0 Å². The molecule has 0 heterocycles. The Hall–Kier alpha value is -0.780. The van der Waals surface area contributed by atoms with Gasteiger partial charge < -0.3 is 0 Å². The summed E-state index contributed by atoms with van der Waals surface area (Å²) in [5.74, 6) is 1.76. The first-order valence-corrected chi connectivity index (χ1v) is 14.0. The van der Waals surface area contributed by atoms with Crippen LogP contribution in [0.4, 0.5) is 0 Å². The smallest absolute Gasteiger partial charge is 0.0283 e. The van der Waals surface area contributed by atoms with E-state index in [2.05, 4.69) is 53.7 Å². The average molecular weight is 429 g/mol. The van der Waals surface area contributed by atoms with Gasteiger partial charge in [-0.2, -0.15) is 0 Å². The van der Waals surface area contributed by atoms with Gasteiger partial charge in [0.05, 0.1) is 0 Å². The summed E-state index contributed by atoms with van der Waals surface area (Å²) in [5, 5.41) is 0. The molecule has 1 saturated carbocycles. The Balaban J connectivity index is 2.24. The first kappa shape index (κ1) is 28.3. The Kier molecular flexibility index (Phi) is 16.2.